The summed E-state index contributed by atoms with van der Waals surface area (Å²) >= 11 is 0. The zero-order valence-corrected chi connectivity index (χ0v) is 17.2. The van der Waals surface area contributed by atoms with Crippen molar-refractivity contribution in [2.45, 2.75) is 46.3 Å². The van der Waals surface area contributed by atoms with Crippen molar-refractivity contribution in [3.05, 3.63) is 29.3 Å². The molecule has 6 heteroatoms. The Balaban J connectivity index is 1.78. The molecule has 1 aliphatic heterocycles. The van der Waals surface area contributed by atoms with E-state index >= 15 is 0 Å². The van der Waals surface area contributed by atoms with Gasteiger partial charge in [-0.15, -0.1) is 0 Å². The van der Waals surface area contributed by atoms with Crippen LogP contribution in [0.5, 0.6) is 5.75 Å². The van der Waals surface area contributed by atoms with Crippen molar-refractivity contribution in [3.8, 4) is 5.75 Å². The Morgan fingerprint density at radius 1 is 1.33 bits per heavy atom. The average Bonchev–Trinajstić information content (AvgIpc) is 3.14. The first-order valence-electron chi connectivity index (χ1n) is 9.94. The van der Waals surface area contributed by atoms with E-state index in [9.17, 15) is 0 Å². The molecule has 1 fully saturated rings. The number of aliphatic imine (C=N–C) groups is 1. The minimum Gasteiger partial charge on any atom is -0.488 e. The first-order chi connectivity index (χ1) is 13.1. The molecule has 1 aromatic rings. The van der Waals surface area contributed by atoms with E-state index in [1.165, 1.54) is 5.56 Å². The van der Waals surface area contributed by atoms with Crippen LogP contribution in [-0.4, -0.2) is 52.1 Å². The van der Waals surface area contributed by atoms with Crippen LogP contribution in [0.1, 0.15) is 37.8 Å². The Hall–Kier alpha value is -1.79. The number of ether oxygens (including phenoxy) is 3. The molecule has 152 valence electrons. The van der Waals surface area contributed by atoms with Gasteiger partial charge in [0, 0.05) is 45.3 Å². The van der Waals surface area contributed by atoms with Gasteiger partial charge in [-0.2, -0.15) is 0 Å². The summed E-state index contributed by atoms with van der Waals surface area (Å²) < 4.78 is 17.2. The number of aryl methyl sites for hydroxylation is 1. The quantitative estimate of drug-likeness (QED) is 0.373. The summed E-state index contributed by atoms with van der Waals surface area (Å²) in [6.45, 7) is 10.9. The van der Waals surface area contributed by atoms with Crippen LogP contribution in [0.15, 0.2) is 23.2 Å². The van der Waals surface area contributed by atoms with Crippen LogP contribution >= 0.6 is 0 Å². The van der Waals surface area contributed by atoms with Gasteiger partial charge in [0.2, 0.25) is 0 Å². The molecule has 1 unspecified atom stereocenters. The van der Waals surface area contributed by atoms with Gasteiger partial charge in [-0.1, -0.05) is 26.0 Å². The van der Waals surface area contributed by atoms with E-state index in [1.54, 1.807) is 7.05 Å². The van der Waals surface area contributed by atoms with Crippen molar-refractivity contribution in [1.29, 1.82) is 0 Å². The molecule has 1 aromatic carbocycles. The lowest BCUT2D eigenvalue weighted by Crippen LogP contribution is -2.37. The Labute approximate surface area is 163 Å². The van der Waals surface area contributed by atoms with Crippen LogP contribution in [0.4, 0.5) is 0 Å². The zero-order valence-electron chi connectivity index (χ0n) is 17.2. The van der Waals surface area contributed by atoms with Gasteiger partial charge in [0.1, 0.15) is 11.9 Å². The molecule has 0 aliphatic carbocycles. The van der Waals surface area contributed by atoms with Crippen molar-refractivity contribution < 1.29 is 14.2 Å². The predicted molar refractivity (Wildman–Crippen MR) is 110 cm³/mol. The number of benzene rings is 1. The maximum atomic E-state index is 6.16. The summed E-state index contributed by atoms with van der Waals surface area (Å²) in [6.07, 6.45) is 2.05. The van der Waals surface area contributed by atoms with Crippen LogP contribution < -0.4 is 15.4 Å². The van der Waals surface area contributed by atoms with Gasteiger partial charge in [-0.3, -0.25) is 4.99 Å². The molecule has 1 heterocycles. The molecule has 0 saturated carbocycles. The number of hydrogen-bond acceptors (Lipinski definition) is 4. The van der Waals surface area contributed by atoms with Crippen LogP contribution in [0, 0.1) is 12.8 Å². The SMILES string of the molecule is CN=C(NCCCOCC(C)C)NCc1ccc(C)cc1OC1CCOC1. The highest BCUT2D eigenvalue weighted by Crippen LogP contribution is 2.23. The Morgan fingerprint density at radius 2 is 2.19 bits per heavy atom. The maximum Gasteiger partial charge on any atom is 0.191 e. The lowest BCUT2D eigenvalue weighted by Gasteiger charge is -2.18. The van der Waals surface area contributed by atoms with E-state index in [2.05, 4.69) is 54.6 Å². The Kier molecular flexibility index (Phi) is 9.42. The van der Waals surface area contributed by atoms with Crippen LogP contribution in [0.25, 0.3) is 0 Å². The summed E-state index contributed by atoms with van der Waals surface area (Å²) in [5.74, 6) is 2.29. The Morgan fingerprint density at radius 3 is 2.89 bits per heavy atom. The number of nitrogens with one attached hydrogen (secondary N) is 2. The monoisotopic (exact) mass is 377 g/mol. The normalized spacial score (nSPS) is 17.4. The number of rotatable bonds is 10. The van der Waals surface area contributed by atoms with Crippen LogP contribution in [-0.2, 0) is 16.0 Å². The fraction of sp³-hybridized carbons (Fsp3) is 0.667. The molecule has 0 spiro atoms. The molecule has 0 radical (unpaired) electrons. The van der Waals surface area contributed by atoms with Crippen molar-refractivity contribution in [2.24, 2.45) is 10.9 Å². The van der Waals surface area contributed by atoms with E-state index in [4.69, 9.17) is 14.2 Å². The highest BCUT2D eigenvalue weighted by atomic mass is 16.5. The zero-order chi connectivity index (χ0) is 19.5. The van der Waals surface area contributed by atoms with Crippen molar-refractivity contribution in [1.82, 2.24) is 10.6 Å². The molecule has 0 amide bonds. The van der Waals surface area contributed by atoms with Gasteiger partial charge in [0.15, 0.2) is 5.96 Å². The molecular formula is C21H35N3O3. The standard InChI is InChI=1S/C21H35N3O3/c1-16(2)14-25-10-5-9-23-21(22-4)24-13-18-7-6-17(3)12-20(18)27-19-8-11-26-15-19/h6-7,12,16,19H,5,8-11,13-15H2,1-4H3,(H2,22,23,24). The van der Waals surface area contributed by atoms with E-state index in [0.29, 0.717) is 19.1 Å². The number of nitrogens with zero attached hydrogens (tertiary/aromatic N) is 1. The van der Waals surface area contributed by atoms with Gasteiger partial charge < -0.3 is 24.8 Å². The molecule has 1 saturated heterocycles. The van der Waals surface area contributed by atoms with Gasteiger partial charge in [0.25, 0.3) is 0 Å². The highest BCUT2D eigenvalue weighted by molar-refractivity contribution is 5.79. The van der Waals surface area contributed by atoms with Gasteiger partial charge >= 0.3 is 0 Å². The number of hydrogen-bond donors (Lipinski definition) is 2. The third kappa shape index (κ3) is 8.18. The fourth-order valence-electron chi connectivity index (χ4n) is 2.80. The largest absolute Gasteiger partial charge is 0.488 e. The molecule has 2 rings (SSSR count). The minimum absolute atomic E-state index is 0.147. The molecule has 6 nitrogen and oxygen atoms in total. The van der Waals surface area contributed by atoms with E-state index in [1.807, 2.05) is 0 Å². The first kappa shape index (κ1) is 21.5. The average molecular weight is 378 g/mol. The highest BCUT2D eigenvalue weighted by Gasteiger charge is 2.18. The van der Waals surface area contributed by atoms with Gasteiger partial charge in [0.05, 0.1) is 13.2 Å². The second kappa shape index (κ2) is 11.8. The molecule has 0 bridgehead atoms. The van der Waals surface area contributed by atoms with E-state index in [-0.39, 0.29) is 6.10 Å². The fourth-order valence-corrected chi connectivity index (χ4v) is 2.80. The molecule has 0 aromatic heterocycles. The van der Waals surface area contributed by atoms with Crippen LogP contribution in [0.3, 0.4) is 0 Å². The van der Waals surface area contributed by atoms with Crippen LogP contribution in [0.2, 0.25) is 0 Å². The lowest BCUT2D eigenvalue weighted by atomic mass is 10.1. The maximum absolute atomic E-state index is 6.16. The second-order valence-corrected chi connectivity index (χ2v) is 7.39. The molecular weight excluding hydrogens is 342 g/mol. The van der Waals surface area contributed by atoms with E-state index < -0.39 is 0 Å². The lowest BCUT2D eigenvalue weighted by molar-refractivity contribution is 0.108. The summed E-state index contributed by atoms with van der Waals surface area (Å²) in [5.41, 5.74) is 2.31. The summed E-state index contributed by atoms with van der Waals surface area (Å²) in [4.78, 5) is 4.29. The topological polar surface area (TPSA) is 64.1 Å². The van der Waals surface area contributed by atoms with Crippen molar-refractivity contribution in [3.63, 3.8) is 0 Å². The summed E-state index contributed by atoms with van der Waals surface area (Å²) in [7, 11) is 1.78. The third-order valence-corrected chi connectivity index (χ3v) is 4.28. The summed E-state index contributed by atoms with van der Waals surface area (Å²) in [5, 5.41) is 6.70. The third-order valence-electron chi connectivity index (χ3n) is 4.28. The minimum atomic E-state index is 0.147. The molecule has 2 N–H and O–H groups in total. The van der Waals surface area contributed by atoms with Crippen molar-refractivity contribution >= 4 is 5.96 Å². The molecule has 27 heavy (non-hydrogen) atoms. The van der Waals surface area contributed by atoms with E-state index in [0.717, 1.165) is 56.5 Å². The Bertz CT molecular complexity index is 584. The first-order valence-corrected chi connectivity index (χ1v) is 9.94. The summed E-state index contributed by atoms with van der Waals surface area (Å²) in [6, 6.07) is 6.31. The van der Waals surface area contributed by atoms with Crippen molar-refractivity contribution in [2.75, 3.05) is 40.0 Å². The second-order valence-electron chi connectivity index (χ2n) is 7.39. The smallest absolute Gasteiger partial charge is 0.191 e. The number of guanidine groups is 1. The van der Waals surface area contributed by atoms with Gasteiger partial charge in [-0.05, 0) is 30.9 Å². The van der Waals surface area contributed by atoms with Gasteiger partial charge in [-0.25, -0.2) is 0 Å². The predicted octanol–water partition coefficient (Wildman–Crippen LogP) is 2.89. The molecule has 1 atom stereocenters. The molecule has 1 aliphatic rings.